The first-order valence-corrected chi connectivity index (χ1v) is 6.10. The van der Waals surface area contributed by atoms with Gasteiger partial charge in [-0.15, -0.1) is 0 Å². The number of methoxy groups -OCH3 is 2. The quantitative estimate of drug-likeness (QED) is 0.802. The van der Waals surface area contributed by atoms with Crippen molar-refractivity contribution in [3.05, 3.63) is 58.9 Å². The molecule has 0 atom stereocenters. The molecule has 0 amide bonds. The van der Waals surface area contributed by atoms with Gasteiger partial charge in [0.1, 0.15) is 5.82 Å². The van der Waals surface area contributed by atoms with Gasteiger partial charge in [-0.2, -0.15) is 0 Å². The summed E-state index contributed by atoms with van der Waals surface area (Å²) in [6, 6.07) is 9.43. The maximum atomic E-state index is 13.6. The molecule has 2 aromatic carbocycles. The zero-order valence-corrected chi connectivity index (χ0v) is 11.6. The third-order valence-electron chi connectivity index (χ3n) is 3.08. The van der Waals surface area contributed by atoms with Crippen LogP contribution in [0.15, 0.2) is 36.4 Å². The highest BCUT2D eigenvalue weighted by Gasteiger charge is 2.18. The van der Waals surface area contributed by atoms with Gasteiger partial charge in [0, 0.05) is 5.56 Å². The fourth-order valence-corrected chi connectivity index (χ4v) is 1.96. The van der Waals surface area contributed by atoms with E-state index in [1.807, 2.05) is 0 Å². The van der Waals surface area contributed by atoms with Crippen LogP contribution in [0.3, 0.4) is 0 Å². The molecule has 0 fully saturated rings. The van der Waals surface area contributed by atoms with E-state index in [1.54, 1.807) is 37.3 Å². The predicted molar refractivity (Wildman–Crippen MR) is 74.1 cm³/mol. The number of carbonyl (C=O) groups is 1. The molecule has 20 heavy (non-hydrogen) atoms. The normalized spacial score (nSPS) is 10.2. The second kappa shape index (κ2) is 5.74. The number of rotatable bonds is 4. The molecule has 0 unspecified atom stereocenters. The van der Waals surface area contributed by atoms with Gasteiger partial charge in [-0.25, -0.2) is 4.39 Å². The van der Waals surface area contributed by atoms with E-state index in [1.165, 1.54) is 20.3 Å². The third-order valence-corrected chi connectivity index (χ3v) is 3.08. The van der Waals surface area contributed by atoms with E-state index in [4.69, 9.17) is 9.47 Å². The number of halogens is 1. The lowest BCUT2D eigenvalue weighted by Gasteiger charge is -2.12. The third kappa shape index (κ3) is 2.50. The van der Waals surface area contributed by atoms with Crippen LogP contribution in [0.1, 0.15) is 21.5 Å². The van der Waals surface area contributed by atoms with Gasteiger partial charge in [0.05, 0.1) is 19.8 Å². The average molecular weight is 274 g/mol. The summed E-state index contributed by atoms with van der Waals surface area (Å²) in [5.41, 5.74) is 1.12. The van der Waals surface area contributed by atoms with Crippen molar-refractivity contribution in [1.82, 2.24) is 0 Å². The summed E-state index contributed by atoms with van der Waals surface area (Å²) < 4.78 is 24.0. The summed E-state index contributed by atoms with van der Waals surface area (Å²) in [4.78, 5) is 12.5. The van der Waals surface area contributed by atoms with Crippen LogP contribution >= 0.6 is 0 Å². The molecular formula is C16H15FO3. The van der Waals surface area contributed by atoms with Gasteiger partial charge in [0.2, 0.25) is 0 Å². The van der Waals surface area contributed by atoms with Gasteiger partial charge >= 0.3 is 0 Å². The largest absolute Gasteiger partial charge is 0.493 e. The zero-order valence-electron chi connectivity index (χ0n) is 11.6. The summed E-state index contributed by atoms with van der Waals surface area (Å²) in [6.45, 7) is 1.65. The Hall–Kier alpha value is -2.36. The Labute approximate surface area is 117 Å². The molecule has 3 nitrogen and oxygen atoms in total. The van der Waals surface area contributed by atoms with Crippen LogP contribution in [0.25, 0.3) is 0 Å². The monoisotopic (exact) mass is 274 g/mol. The number of hydrogen-bond acceptors (Lipinski definition) is 3. The Bertz CT molecular complexity index is 650. The van der Waals surface area contributed by atoms with Gasteiger partial charge in [-0.1, -0.05) is 18.2 Å². The predicted octanol–water partition coefficient (Wildman–Crippen LogP) is 3.38. The second-order valence-corrected chi connectivity index (χ2v) is 4.33. The molecule has 0 bridgehead atoms. The fraction of sp³-hybridized carbons (Fsp3) is 0.188. The zero-order chi connectivity index (χ0) is 14.7. The molecule has 0 heterocycles. The molecule has 0 N–H and O–H groups in total. The molecular weight excluding hydrogens is 259 g/mol. The first-order valence-electron chi connectivity index (χ1n) is 6.10. The average Bonchev–Trinajstić information content (AvgIpc) is 2.48. The number of para-hydroxylation sites is 1. The molecule has 0 saturated heterocycles. The van der Waals surface area contributed by atoms with Crippen LogP contribution in [0.5, 0.6) is 11.5 Å². The van der Waals surface area contributed by atoms with Crippen molar-refractivity contribution >= 4 is 5.78 Å². The van der Waals surface area contributed by atoms with E-state index < -0.39 is 5.82 Å². The van der Waals surface area contributed by atoms with Gasteiger partial charge in [0.15, 0.2) is 17.3 Å². The van der Waals surface area contributed by atoms with Crippen LogP contribution in [-0.4, -0.2) is 20.0 Å². The Balaban J connectivity index is 2.50. The van der Waals surface area contributed by atoms with Gasteiger partial charge in [-0.3, -0.25) is 4.79 Å². The standard InChI is InChI=1S/C16H15FO3/c1-10-7-8-11(9-13(10)17)15(18)12-5-4-6-14(19-2)16(12)20-3/h4-9H,1-3H3. The number of aryl methyl sites for hydroxylation is 1. The number of ether oxygens (including phenoxy) is 2. The Morgan fingerprint density at radius 1 is 1.10 bits per heavy atom. The lowest BCUT2D eigenvalue weighted by atomic mass is 10.0. The fourth-order valence-electron chi connectivity index (χ4n) is 1.96. The number of carbonyl (C=O) groups excluding carboxylic acids is 1. The van der Waals surface area contributed by atoms with Crippen molar-refractivity contribution in [3.8, 4) is 11.5 Å². The summed E-state index contributed by atoms with van der Waals surface area (Å²) in [5, 5.41) is 0. The molecule has 0 saturated carbocycles. The Morgan fingerprint density at radius 2 is 1.85 bits per heavy atom. The summed E-state index contributed by atoms with van der Waals surface area (Å²) in [7, 11) is 2.96. The van der Waals surface area contributed by atoms with Crippen molar-refractivity contribution in [1.29, 1.82) is 0 Å². The van der Waals surface area contributed by atoms with E-state index in [-0.39, 0.29) is 11.3 Å². The van der Waals surface area contributed by atoms with E-state index in [0.717, 1.165) is 0 Å². The first-order chi connectivity index (χ1) is 9.58. The molecule has 104 valence electrons. The van der Waals surface area contributed by atoms with Crippen LogP contribution in [0.2, 0.25) is 0 Å². The molecule has 0 radical (unpaired) electrons. The minimum absolute atomic E-state index is 0.277. The summed E-state index contributed by atoms with van der Waals surface area (Å²) in [5.74, 6) is 0.101. The maximum absolute atomic E-state index is 13.6. The minimum Gasteiger partial charge on any atom is -0.493 e. The van der Waals surface area contributed by atoms with Crippen molar-refractivity contribution in [2.75, 3.05) is 14.2 Å². The lowest BCUT2D eigenvalue weighted by Crippen LogP contribution is -2.06. The van der Waals surface area contributed by atoms with Crippen LogP contribution in [-0.2, 0) is 0 Å². The molecule has 0 aromatic heterocycles. The van der Waals surface area contributed by atoms with Gasteiger partial charge < -0.3 is 9.47 Å². The van der Waals surface area contributed by atoms with Crippen molar-refractivity contribution in [3.63, 3.8) is 0 Å². The summed E-state index contributed by atoms with van der Waals surface area (Å²) >= 11 is 0. The summed E-state index contributed by atoms with van der Waals surface area (Å²) in [6.07, 6.45) is 0. The van der Waals surface area contributed by atoms with Crippen molar-refractivity contribution in [2.45, 2.75) is 6.92 Å². The van der Waals surface area contributed by atoms with E-state index >= 15 is 0 Å². The Kier molecular flexibility index (Phi) is 4.03. The second-order valence-electron chi connectivity index (χ2n) is 4.33. The topological polar surface area (TPSA) is 35.5 Å². The first kappa shape index (κ1) is 14.1. The van der Waals surface area contributed by atoms with E-state index in [2.05, 4.69) is 0 Å². The van der Waals surface area contributed by atoms with Crippen LogP contribution in [0, 0.1) is 12.7 Å². The Morgan fingerprint density at radius 3 is 2.45 bits per heavy atom. The number of ketones is 1. The molecule has 0 spiro atoms. The molecule has 0 aliphatic rings. The smallest absolute Gasteiger partial charge is 0.197 e. The van der Waals surface area contributed by atoms with Crippen molar-refractivity contribution in [2.24, 2.45) is 0 Å². The van der Waals surface area contributed by atoms with Gasteiger partial charge in [0.25, 0.3) is 0 Å². The van der Waals surface area contributed by atoms with E-state index in [9.17, 15) is 9.18 Å². The highest BCUT2D eigenvalue weighted by Crippen LogP contribution is 2.32. The SMILES string of the molecule is COc1cccc(C(=O)c2ccc(C)c(F)c2)c1OC. The number of hydrogen-bond donors (Lipinski definition) is 0. The number of benzene rings is 2. The van der Waals surface area contributed by atoms with E-state index in [0.29, 0.717) is 22.6 Å². The van der Waals surface area contributed by atoms with Crippen LogP contribution in [0.4, 0.5) is 4.39 Å². The molecule has 2 rings (SSSR count). The van der Waals surface area contributed by atoms with Crippen molar-refractivity contribution < 1.29 is 18.7 Å². The highest BCUT2D eigenvalue weighted by molar-refractivity contribution is 6.11. The molecule has 0 aliphatic carbocycles. The lowest BCUT2D eigenvalue weighted by molar-refractivity contribution is 0.103. The minimum atomic E-state index is -0.405. The maximum Gasteiger partial charge on any atom is 0.197 e. The molecule has 0 aliphatic heterocycles. The molecule has 4 heteroatoms. The highest BCUT2D eigenvalue weighted by atomic mass is 19.1. The molecule has 2 aromatic rings. The van der Waals surface area contributed by atoms with Crippen LogP contribution < -0.4 is 9.47 Å². The van der Waals surface area contributed by atoms with Gasteiger partial charge in [-0.05, 0) is 30.7 Å².